The first-order valence-electron chi connectivity index (χ1n) is 10.3. The monoisotopic (exact) mass is 388 g/mol. The first-order valence-corrected chi connectivity index (χ1v) is 10.3. The van der Waals surface area contributed by atoms with E-state index in [2.05, 4.69) is 23.6 Å². The molecule has 1 amide bonds. The summed E-state index contributed by atoms with van der Waals surface area (Å²) in [4.78, 5) is 30.1. The van der Waals surface area contributed by atoms with E-state index in [-0.39, 0.29) is 16.5 Å². The van der Waals surface area contributed by atoms with Gasteiger partial charge in [0.25, 0.3) is 5.69 Å². The second-order valence-corrected chi connectivity index (χ2v) is 8.62. The highest BCUT2D eigenvalue weighted by molar-refractivity contribution is 5.78. The van der Waals surface area contributed by atoms with Gasteiger partial charge in [-0.15, -0.1) is 0 Å². The molecular formula is C21H32N4O3. The molecule has 7 nitrogen and oxygen atoms in total. The first-order chi connectivity index (χ1) is 13.3. The largest absolute Gasteiger partial charge is 0.341 e. The number of hydrogen-bond acceptors (Lipinski definition) is 5. The van der Waals surface area contributed by atoms with Gasteiger partial charge < -0.3 is 4.90 Å². The molecule has 2 saturated heterocycles. The number of hydrogen-bond donors (Lipinski definition) is 0. The average Bonchev–Trinajstić information content (AvgIpc) is 2.64. The summed E-state index contributed by atoms with van der Waals surface area (Å²) >= 11 is 0. The zero-order valence-electron chi connectivity index (χ0n) is 17.3. The maximum absolute atomic E-state index is 12.7. The molecule has 2 aliphatic heterocycles. The highest BCUT2D eigenvalue weighted by atomic mass is 16.6. The van der Waals surface area contributed by atoms with E-state index in [1.807, 2.05) is 17.9 Å². The lowest BCUT2D eigenvalue weighted by Crippen LogP contribution is -2.51. The number of benzene rings is 1. The summed E-state index contributed by atoms with van der Waals surface area (Å²) in [6.07, 6.45) is 1.21. The predicted octanol–water partition coefficient (Wildman–Crippen LogP) is 2.53. The third kappa shape index (κ3) is 5.08. The molecule has 0 N–H and O–H groups in total. The van der Waals surface area contributed by atoms with Gasteiger partial charge in [-0.3, -0.25) is 24.7 Å². The lowest BCUT2D eigenvalue weighted by Gasteiger charge is -2.38. The van der Waals surface area contributed by atoms with Crippen LogP contribution in [0.1, 0.15) is 31.4 Å². The molecule has 0 spiro atoms. The molecule has 7 heteroatoms. The van der Waals surface area contributed by atoms with Gasteiger partial charge >= 0.3 is 0 Å². The van der Waals surface area contributed by atoms with E-state index in [0.29, 0.717) is 18.4 Å². The van der Waals surface area contributed by atoms with E-state index >= 15 is 0 Å². The number of piperidine rings is 1. The Morgan fingerprint density at radius 3 is 2.32 bits per heavy atom. The summed E-state index contributed by atoms with van der Waals surface area (Å²) in [6, 6.07) is 5.29. The lowest BCUT2D eigenvalue weighted by atomic mass is 9.92. The Kier molecular flexibility index (Phi) is 6.67. The smallest absolute Gasteiger partial charge is 0.272 e. The van der Waals surface area contributed by atoms with Gasteiger partial charge in [-0.25, -0.2) is 0 Å². The van der Waals surface area contributed by atoms with E-state index < -0.39 is 0 Å². The van der Waals surface area contributed by atoms with Crippen molar-refractivity contribution in [2.45, 2.75) is 33.7 Å². The number of rotatable bonds is 5. The molecular weight excluding hydrogens is 356 g/mol. The van der Waals surface area contributed by atoms with Gasteiger partial charge in [0.2, 0.25) is 5.91 Å². The standard InChI is InChI=1S/C21H32N4O3/c1-16-11-17(2)13-24(12-16)21(26)15-23-9-7-22(8-10-23)14-19-5-4-6-20(18(19)3)25(27)28/h4-6,16-17H,7-15H2,1-3H3. The second-order valence-electron chi connectivity index (χ2n) is 8.62. The van der Waals surface area contributed by atoms with Gasteiger partial charge in [-0.05, 0) is 30.7 Å². The van der Waals surface area contributed by atoms with Gasteiger partial charge in [-0.2, -0.15) is 0 Å². The van der Waals surface area contributed by atoms with Crippen molar-refractivity contribution in [3.63, 3.8) is 0 Å². The van der Waals surface area contributed by atoms with Crippen LogP contribution in [0.2, 0.25) is 0 Å². The van der Waals surface area contributed by atoms with Gasteiger partial charge in [0.15, 0.2) is 0 Å². The molecule has 28 heavy (non-hydrogen) atoms. The van der Waals surface area contributed by atoms with Crippen LogP contribution in [-0.2, 0) is 11.3 Å². The fourth-order valence-corrected chi connectivity index (χ4v) is 4.54. The molecule has 2 unspecified atom stereocenters. The minimum absolute atomic E-state index is 0.187. The van der Waals surface area contributed by atoms with Crippen LogP contribution in [0.15, 0.2) is 18.2 Å². The Labute approximate surface area is 167 Å². The number of nitro benzene ring substituents is 1. The van der Waals surface area contributed by atoms with Crippen molar-refractivity contribution in [2.75, 3.05) is 45.8 Å². The Morgan fingerprint density at radius 2 is 1.71 bits per heavy atom. The summed E-state index contributed by atoms with van der Waals surface area (Å²) in [5.41, 5.74) is 1.94. The number of piperazine rings is 1. The van der Waals surface area contributed by atoms with Crippen LogP contribution >= 0.6 is 0 Å². The highest BCUT2D eigenvalue weighted by Gasteiger charge is 2.27. The molecule has 2 heterocycles. The maximum atomic E-state index is 12.7. The number of carbonyl (C=O) groups is 1. The fourth-order valence-electron chi connectivity index (χ4n) is 4.54. The van der Waals surface area contributed by atoms with Crippen molar-refractivity contribution < 1.29 is 9.72 Å². The lowest BCUT2D eigenvalue weighted by molar-refractivity contribution is -0.385. The van der Waals surface area contributed by atoms with Crippen LogP contribution in [0.5, 0.6) is 0 Å². The topological polar surface area (TPSA) is 69.9 Å². The molecule has 0 radical (unpaired) electrons. The molecule has 3 rings (SSSR count). The van der Waals surface area contributed by atoms with Crippen LogP contribution in [0.25, 0.3) is 0 Å². The minimum atomic E-state index is -0.315. The Bertz CT molecular complexity index is 706. The fraction of sp³-hybridized carbons (Fsp3) is 0.667. The van der Waals surface area contributed by atoms with Crippen LogP contribution in [0.4, 0.5) is 5.69 Å². The zero-order chi connectivity index (χ0) is 20.3. The molecule has 2 atom stereocenters. The molecule has 1 aromatic rings. The molecule has 154 valence electrons. The molecule has 2 aliphatic rings. The third-order valence-electron chi connectivity index (χ3n) is 6.05. The number of nitro groups is 1. The predicted molar refractivity (Wildman–Crippen MR) is 109 cm³/mol. The van der Waals surface area contributed by atoms with E-state index in [0.717, 1.165) is 56.9 Å². The second kappa shape index (κ2) is 9.01. The molecule has 2 fully saturated rings. The highest BCUT2D eigenvalue weighted by Crippen LogP contribution is 2.23. The van der Waals surface area contributed by atoms with Crippen molar-refractivity contribution in [1.29, 1.82) is 0 Å². The maximum Gasteiger partial charge on any atom is 0.272 e. The Hall–Kier alpha value is -1.99. The number of carbonyl (C=O) groups excluding carboxylic acids is 1. The summed E-state index contributed by atoms with van der Waals surface area (Å²) in [7, 11) is 0. The van der Waals surface area contributed by atoms with E-state index in [9.17, 15) is 14.9 Å². The van der Waals surface area contributed by atoms with Crippen molar-refractivity contribution in [3.05, 3.63) is 39.4 Å². The quantitative estimate of drug-likeness (QED) is 0.573. The van der Waals surface area contributed by atoms with Crippen LogP contribution < -0.4 is 0 Å². The van der Waals surface area contributed by atoms with E-state index in [4.69, 9.17) is 0 Å². The summed E-state index contributed by atoms with van der Waals surface area (Å²) in [5.74, 6) is 1.42. The molecule has 0 bridgehead atoms. The Morgan fingerprint density at radius 1 is 1.11 bits per heavy atom. The normalized spacial score (nSPS) is 24.3. The average molecular weight is 389 g/mol. The Balaban J connectivity index is 1.49. The van der Waals surface area contributed by atoms with E-state index in [1.54, 1.807) is 12.1 Å². The zero-order valence-corrected chi connectivity index (χ0v) is 17.3. The molecule has 1 aromatic carbocycles. The van der Waals surface area contributed by atoms with Gasteiger partial charge in [0.05, 0.1) is 11.5 Å². The summed E-state index contributed by atoms with van der Waals surface area (Å²) < 4.78 is 0. The van der Waals surface area contributed by atoms with Crippen molar-refractivity contribution in [1.82, 2.24) is 14.7 Å². The first kappa shape index (κ1) is 20.7. The minimum Gasteiger partial charge on any atom is -0.341 e. The van der Waals surface area contributed by atoms with E-state index in [1.165, 1.54) is 6.42 Å². The van der Waals surface area contributed by atoms with Gasteiger partial charge in [-0.1, -0.05) is 26.0 Å². The molecule has 0 saturated carbocycles. The van der Waals surface area contributed by atoms with Gasteiger partial charge in [0, 0.05) is 57.4 Å². The third-order valence-corrected chi connectivity index (χ3v) is 6.05. The number of likely N-dealkylation sites (tertiary alicyclic amines) is 1. The van der Waals surface area contributed by atoms with Crippen LogP contribution in [-0.4, -0.2) is 71.3 Å². The summed E-state index contributed by atoms with van der Waals surface area (Å²) in [5, 5.41) is 11.1. The summed E-state index contributed by atoms with van der Waals surface area (Å²) in [6.45, 7) is 12.7. The van der Waals surface area contributed by atoms with Gasteiger partial charge in [0.1, 0.15) is 0 Å². The number of amides is 1. The van der Waals surface area contributed by atoms with Crippen molar-refractivity contribution >= 4 is 11.6 Å². The molecule has 0 aromatic heterocycles. The van der Waals surface area contributed by atoms with Crippen molar-refractivity contribution in [2.24, 2.45) is 11.8 Å². The van der Waals surface area contributed by atoms with Crippen LogP contribution in [0, 0.1) is 28.9 Å². The molecule has 0 aliphatic carbocycles. The van der Waals surface area contributed by atoms with Crippen molar-refractivity contribution in [3.8, 4) is 0 Å². The van der Waals surface area contributed by atoms with Crippen LogP contribution in [0.3, 0.4) is 0 Å². The SMILES string of the molecule is Cc1c(CN2CCN(CC(=O)N3CC(C)CC(C)C3)CC2)cccc1[N+](=O)[O-]. The number of nitrogens with zero attached hydrogens (tertiary/aromatic N) is 4.